The molecular weight excluding hydrogens is 436 g/mol. The maximum atomic E-state index is 13.2. The molecule has 0 aliphatic rings. The number of methoxy groups -OCH3 is 2. The molecule has 0 saturated heterocycles. The number of halogens is 1. The predicted octanol–water partition coefficient (Wildman–Crippen LogP) is 4.06. The highest BCUT2D eigenvalue weighted by Crippen LogP contribution is 2.28. The van der Waals surface area contributed by atoms with Gasteiger partial charge in [0.05, 0.1) is 27.3 Å². The van der Waals surface area contributed by atoms with E-state index in [2.05, 4.69) is 0 Å². The maximum Gasteiger partial charge on any atom is 0.242 e. The van der Waals surface area contributed by atoms with E-state index in [0.29, 0.717) is 37.6 Å². The molecule has 2 amide bonds. The summed E-state index contributed by atoms with van der Waals surface area (Å²) >= 11 is 7.38. The molecular formula is C23H31ClN2O4S. The van der Waals surface area contributed by atoms with Crippen LogP contribution in [0.2, 0.25) is 0 Å². The van der Waals surface area contributed by atoms with E-state index in [4.69, 9.17) is 21.1 Å². The van der Waals surface area contributed by atoms with Crippen LogP contribution in [0.1, 0.15) is 24.3 Å². The molecule has 8 heteroatoms. The lowest BCUT2D eigenvalue weighted by atomic mass is 10.1. The van der Waals surface area contributed by atoms with E-state index in [1.54, 1.807) is 35.4 Å². The summed E-state index contributed by atoms with van der Waals surface area (Å²) in [7, 11) is 3.20. The first-order chi connectivity index (χ1) is 14.9. The number of carbonyl (C=O) groups is 2. The minimum absolute atomic E-state index is 0.0288. The summed E-state index contributed by atoms with van der Waals surface area (Å²) in [6.07, 6.45) is 0.658. The molecule has 0 aliphatic carbocycles. The molecule has 6 nitrogen and oxygen atoms in total. The number of thiophene rings is 1. The monoisotopic (exact) mass is 466 g/mol. The molecule has 0 bridgehead atoms. The Morgan fingerprint density at radius 2 is 1.81 bits per heavy atom. The van der Waals surface area contributed by atoms with Gasteiger partial charge in [0, 0.05) is 18.0 Å². The van der Waals surface area contributed by atoms with Crippen LogP contribution < -0.4 is 9.47 Å². The zero-order valence-corrected chi connectivity index (χ0v) is 20.2. The zero-order chi connectivity index (χ0) is 22.8. The number of rotatable bonds is 12. The van der Waals surface area contributed by atoms with E-state index in [0.717, 1.165) is 10.4 Å². The van der Waals surface area contributed by atoms with Crippen LogP contribution in [0.4, 0.5) is 0 Å². The normalized spacial score (nSPS) is 10.8. The van der Waals surface area contributed by atoms with Crippen molar-refractivity contribution in [2.45, 2.75) is 26.8 Å². The summed E-state index contributed by atoms with van der Waals surface area (Å²) < 4.78 is 10.7. The van der Waals surface area contributed by atoms with Crippen LogP contribution in [0.3, 0.4) is 0 Å². The van der Waals surface area contributed by atoms with Crippen LogP contribution in [-0.2, 0) is 22.6 Å². The third-order valence-electron chi connectivity index (χ3n) is 4.78. The first-order valence-corrected chi connectivity index (χ1v) is 11.6. The molecule has 0 N–H and O–H groups in total. The highest BCUT2D eigenvalue weighted by Gasteiger charge is 2.22. The van der Waals surface area contributed by atoms with Gasteiger partial charge in [-0.2, -0.15) is 0 Å². The van der Waals surface area contributed by atoms with Gasteiger partial charge in [-0.1, -0.05) is 26.0 Å². The van der Waals surface area contributed by atoms with Crippen molar-refractivity contribution in [1.82, 2.24) is 9.80 Å². The van der Waals surface area contributed by atoms with E-state index in [-0.39, 0.29) is 30.2 Å². The van der Waals surface area contributed by atoms with E-state index in [1.165, 1.54) is 0 Å². The molecule has 2 rings (SSSR count). The van der Waals surface area contributed by atoms with Crippen LogP contribution in [0.5, 0.6) is 11.5 Å². The van der Waals surface area contributed by atoms with Gasteiger partial charge >= 0.3 is 0 Å². The number of ether oxygens (including phenoxy) is 2. The largest absolute Gasteiger partial charge is 0.493 e. The van der Waals surface area contributed by atoms with Gasteiger partial charge in [-0.25, -0.2) is 0 Å². The summed E-state index contributed by atoms with van der Waals surface area (Å²) in [5.74, 6) is 1.13. The van der Waals surface area contributed by atoms with Crippen LogP contribution in [0.15, 0.2) is 35.7 Å². The van der Waals surface area contributed by atoms with Crippen molar-refractivity contribution in [2.24, 2.45) is 5.92 Å². The van der Waals surface area contributed by atoms with Crippen LogP contribution in [0, 0.1) is 5.92 Å². The molecule has 1 aromatic heterocycles. The molecule has 0 spiro atoms. The Balaban J connectivity index is 2.14. The lowest BCUT2D eigenvalue weighted by molar-refractivity contribution is -0.140. The van der Waals surface area contributed by atoms with Gasteiger partial charge in [-0.05, 0) is 41.5 Å². The summed E-state index contributed by atoms with van der Waals surface area (Å²) in [6, 6.07) is 9.74. The number of amides is 2. The van der Waals surface area contributed by atoms with E-state index >= 15 is 0 Å². The highest BCUT2D eigenvalue weighted by molar-refractivity contribution is 7.09. The highest BCUT2D eigenvalue weighted by atomic mass is 35.5. The first kappa shape index (κ1) is 25.0. The molecule has 170 valence electrons. The standard InChI is InChI=1S/C23H31ClN2O4S/c1-17(2)14-26(22(27)13-24)16-23(28)25(15-19-6-5-11-31-19)10-9-18-7-8-20(29-3)21(12-18)30-4/h5-8,11-12,17H,9-10,13-16H2,1-4H3. The van der Waals surface area contributed by atoms with Crippen molar-refractivity contribution >= 4 is 34.8 Å². The Hall–Kier alpha value is -2.25. The van der Waals surface area contributed by atoms with Gasteiger partial charge < -0.3 is 19.3 Å². The Labute approximate surface area is 193 Å². The third-order valence-corrected chi connectivity index (χ3v) is 5.87. The molecule has 0 radical (unpaired) electrons. The van der Waals surface area contributed by atoms with Gasteiger partial charge in [0.15, 0.2) is 11.5 Å². The van der Waals surface area contributed by atoms with Gasteiger partial charge in [0.1, 0.15) is 5.88 Å². The molecule has 1 aromatic carbocycles. The smallest absolute Gasteiger partial charge is 0.242 e. The minimum Gasteiger partial charge on any atom is -0.493 e. The first-order valence-electron chi connectivity index (χ1n) is 10.2. The molecule has 0 unspecified atom stereocenters. The topological polar surface area (TPSA) is 59.1 Å². The molecule has 1 heterocycles. The maximum absolute atomic E-state index is 13.2. The Bertz CT molecular complexity index is 842. The minimum atomic E-state index is -0.223. The quantitative estimate of drug-likeness (QED) is 0.442. The van der Waals surface area contributed by atoms with Gasteiger partial charge in [0.2, 0.25) is 11.8 Å². The fourth-order valence-corrected chi connectivity index (χ4v) is 4.11. The van der Waals surface area contributed by atoms with Crippen LogP contribution in [-0.4, -0.2) is 61.3 Å². The van der Waals surface area contributed by atoms with E-state index < -0.39 is 0 Å². The molecule has 2 aromatic rings. The summed E-state index contributed by atoms with van der Waals surface area (Å²) in [4.78, 5) is 29.9. The average molecular weight is 467 g/mol. The lowest BCUT2D eigenvalue weighted by Gasteiger charge is -2.28. The second kappa shape index (κ2) is 12.6. The van der Waals surface area contributed by atoms with Gasteiger partial charge in [-0.15, -0.1) is 22.9 Å². The zero-order valence-electron chi connectivity index (χ0n) is 18.6. The van der Waals surface area contributed by atoms with Gasteiger partial charge in [-0.3, -0.25) is 9.59 Å². The van der Waals surface area contributed by atoms with Gasteiger partial charge in [0.25, 0.3) is 0 Å². The van der Waals surface area contributed by atoms with E-state index in [9.17, 15) is 9.59 Å². The van der Waals surface area contributed by atoms with Crippen LogP contribution in [0.25, 0.3) is 0 Å². The Morgan fingerprint density at radius 3 is 2.39 bits per heavy atom. The van der Waals surface area contributed by atoms with Crippen LogP contribution >= 0.6 is 22.9 Å². The molecule has 0 atom stereocenters. The number of alkyl halides is 1. The SMILES string of the molecule is COc1ccc(CCN(Cc2cccs2)C(=O)CN(CC(C)C)C(=O)CCl)cc1OC. The number of hydrogen-bond donors (Lipinski definition) is 0. The molecule has 0 fully saturated rings. The van der Waals surface area contributed by atoms with Crippen molar-refractivity contribution < 1.29 is 19.1 Å². The summed E-state index contributed by atoms with van der Waals surface area (Å²) in [5, 5.41) is 1.99. The summed E-state index contributed by atoms with van der Waals surface area (Å²) in [5.41, 5.74) is 1.04. The summed E-state index contributed by atoms with van der Waals surface area (Å²) in [6.45, 7) is 5.59. The third kappa shape index (κ3) is 7.74. The molecule has 0 aliphatic heterocycles. The Morgan fingerprint density at radius 1 is 1.06 bits per heavy atom. The molecule has 0 saturated carbocycles. The molecule has 31 heavy (non-hydrogen) atoms. The number of hydrogen-bond acceptors (Lipinski definition) is 5. The number of carbonyl (C=O) groups excluding carboxylic acids is 2. The second-order valence-electron chi connectivity index (χ2n) is 7.64. The van der Waals surface area contributed by atoms with Crippen molar-refractivity contribution in [3.63, 3.8) is 0 Å². The fourth-order valence-electron chi connectivity index (χ4n) is 3.23. The number of nitrogens with zero attached hydrogens (tertiary/aromatic N) is 2. The number of benzene rings is 1. The van der Waals surface area contributed by atoms with Crippen molar-refractivity contribution in [1.29, 1.82) is 0 Å². The lowest BCUT2D eigenvalue weighted by Crippen LogP contribution is -2.45. The average Bonchev–Trinajstić information content (AvgIpc) is 3.28. The predicted molar refractivity (Wildman–Crippen MR) is 125 cm³/mol. The van der Waals surface area contributed by atoms with Crippen molar-refractivity contribution in [3.05, 3.63) is 46.2 Å². The second-order valence-corrected chi connectivity index (χ2v) is 8.94. The van der Waals surface area contributed by atoms with Crippen molar-refractivity contribution in [2.75, 3.05) is 39.7 Å². The fraction of sp³-hybridized carbons (Fsp3) is 0.478. The van der Waals surface area contributed by atoms with E-state index in [1.807, 2.05) is 49.6 Å². The Kier molecular flexibility index (Phi) is 10.1. The van der Waals surface area contributed by atoms with Crippen molar-refractivity contribution in [3.8, 4) is 11.5 Å².